The molecule has 4 nitrogen and oxygen atoms in total. The van der Waals surface area contributed by atoms with E-state index in [1.54, 1.807) is 0 Å². The molecule has 0 saturated carbocycles. The summed E-state index contributed by atoms with van der Waals surface area (Å²) in [5.41, 5.74) is 0.829. The van der Waals surface area contributed by atoms with Crippen LogP contribution in [0.1, 0.15) is 32.8 Å². The van der Waals surface area contributed by atoms with E-state index < -0.39 is 6.04 Å². The first-order valence-corrected chi connectivity index (χ1v) is 6.38. The molecule has 1 unspecified atom stereocenters. The normalized spacial score (nSPS) is 12.5. The van der Waals surface area contributed by atoms with Crippen LogP contribution in [0, 0.1) is 11.3 Å². The molecule has 0 aliphatic carbocycles. The number of rotatable bonds is 5. The summed E-state index contributed by atoms with van der Waals surface area (Å²) in [5.74, 6) is -0.111. The van der Waals surface area contributed by atoms with Crippen LogP contribution in [0.2, 0.25) is 0 Å². The minimum atomic E-state index is -0.470. The van der Waals surface area contributed by atoms with Gasteiger partial charge in [0.25, 0.3) is 0 Å². The predicted octanol–water partition coefficient (Wildman–Crippen LogP) is 1.97. The van der Waals surface area contributed by atoms with Crippen LogP contribution < -0.4 is 10.6 Å². The van der Waals surface area contributed by atoms with E-state index in [9.17, 15) is 4.79 Å². The maximum Gasteiger partial charge on any atom is 0.223 e. The Balaban J connectivity index is 2.43. The van der Waals surface area contributed by atoms with Gasteiger partial charge < -0.3 is 5.32 Å². The summed E-state index contributed by atoms with van der Waals surface area (Å²) in [6, 6.07) is 11.5. The Kier molecular flexibility index (Phi) is 5.53. The highest BCUT2D eigenvalue weighted by atomic mass is 16.1. The quantitative estimate of drug-likeness (QED) is 0.849. The third-order valence-electron chi connectivity index (χ3n) is 2.46. The predicted molar refractivity (Wildman–Crippen MR) is 75.2 cm³/mol. The van der Waals surface area contributed by atoms with Crippen LogP contribution in [0.3, 0.4) is 0 Å². The van der Waals surface area contributed by atoms with Gasteiger partial charge in [-0.3, -0.25) is 10.1 Å². The van der Waals surface area contributed by atoms with Crippen molar-refractivity contribution in [3.05, 3.63) is 35.9 Å². The molecule has 1 amide bonds. The second kappa shape index (κ2) is 6.91. The van der Waals surface area contributed by atoms with Gasteiger partial charge in [0.1, 0.15) is 6.04 Å². The molecule has 0 fully saturated rings. The Morgan fingerprint density at radius 2 is 1.95 bits per heavy atom. The minimum absolute atomic E-state index is 0.111. The number of nitriles is 1. The first-order valence-electron chi connectivity index (χ1n) is 6.38. The highest BCUT2D eigenvalue weighted by Gasteiger charge is 2.17. The lowest BCUT2D eigenvalue weighted by Crippen LogP contribution is -2.43. The monoisotopic (exact) mass is 259 g/mol. The number of amides is 1. The molecule has 0 saturated heterocycles. The first-order chi connectivity index (χ1) is 8.90. The third-order valence-corrected chi connectivity index (χ3v) is 2.46. The summed E-state index contributed by atoms with van der Waals surface area (Å²) < 4.78 is 0. The standard InChI is InChI=1S/C15H21N3O/c1-15(2,3)18-14(19)9-13(10-16)17-11-12-7-5-4-6-8-12/h4-8,13,17H,9,11H2,1-3H3,(H,18,19). The lowest BCUT2D eigenvalue weighted by molar-refractivity contribution is -0.122. The van der Waals surface area contributed by atoms with Gasteiger partial charge >= 0.3 is 0 Å². The molecule has 0 spiro atoms. The van der Waals surface area contributed by atoms with Crippen molar-refractivity contribution >= 4 is 5.91 Å². The maximum atomic E-state index is 11.7. The van der Waals surface area contributed by atoms with Gasteiger partial charge in [-0.25, -0.2) is 0 Å². The zero-order chi connectivity index (χ0) is 14.3. The van der Waals surface area contributed by atoms with E-state index in [2.05, 4.69) is 16.7 Å². The fraction of sp³-hybridized carbons (Fsp3) is 0.467. The molecule has 0 aromatic heterocycles. The van der Waals surface area contributed by atoms with Gasteiger partial charge in [0, 0.05) is 12.1 Å². The number of nitrogens with zero attached hydrogens (tertiary/aromatic N) is 1. The average molecular weight is 259 g/mol. The van der Waals surface area contributed by atoms with Crippen molar-refractivity contribution < 1.29 is 4.79 Å². The Morgan fingerprint density at radius 3 is 2.47 bits per heavy atom. The molecule has 4 heteroatoms. The minimum Gasteiger partial charge on any atom is -0.351 e. The van der Waals surface area contributed by atoms with Gasteiger partial charge in [-0.05, 0) is 26.3 Å². The zero-order valence-electron chi connectivity index (χ0n) is 11.7. The summed E-state index contributed by atoms with van der Waals surface area (Å²) in [4.78, 5) is 11.7. The van der Waals surface area contributed by atoms with E-state index in [0.717, 1.165) is 5.56 Å². The highest BCUT2D eigenvalue weighted by Crippen LogP contribution is 2.02. The van der Waals surface area contributed by atoms with Crippen LogP contribution in [-0.4, -0.2) is 17.5 Å². The molecule has 0 heterocycles. The molecule has 102 valence electrons. The maximum absolute atomic E-state index is 11.7. The van der Waals surface area contributed by atoms with E-state index in [4.69, 9.17) is 5.26 Å². The van der Waals surface area contributed by atoms with Crippen molar-refractivity contribution in [1.82, 2.24) is 10.6 Å². The molecule has 2 N–H and O–H groups in total. The Bertz CT molecular complexity index is 443. The fourth-order valence-corrected chi connectivity index (χ4v) is 1.66. The van der Waals surface area contributed by atoms with Crippen molar-refractivity contribution in [2.45, 2.75) is 45.3 Å². The number of hydrogen-bond donors (Lipinski definition) is 2. The van der Waals surface area contributed by atoms with Crippen LogP contribution in [0.5, 0.6) is 0 Å². The molecule has 0 bridgehead atoms. The number of carbonyl (C=O) groups is 1. The largest absolute Gasteiger partial charge is 0.351 e. The molecule has 19 heavy (non-hydrogen) atoms. The van der Waals surface area contributed by atoms with E-state index in [1.807, 2.05) is 51.1 Å². The fourth-order valence-electron chi connectivity index (χ4n) is 1.66. The SMILES string of the molecule is CC(C)(C)NC(=O)CC(C#N)NCc1ccccc1. The van der Waals surface area contributed by atoms with Gasteiger partial charge in [-0.1, -0.05) is 30.3 Å². The lowest BCUT2D eigenvalue weighted by atomic mass is 10.1. The van der Waals surface area contributed by atoms with Crippen molar-refractivity contribution in [3.63, 3.8) is 0 Å². The molecule has 0 radical (unpaired) electrons. The van der Waals surface area contributed by atoms with Crippen LogP contribution >= 0.6 is 0 Å². The summed E-state index contributed by atoms with van der Waals surface area (Å²) in [5, 5.41) is 15.0. The van der Waals surface area contributed by atoms with Crippen molar-refractivity contribution in [2.75, 3.05) is 0 Å². The molecular weight excluding hydrogens is 238 g/mol. The highest BCUT2D eigenvalue weighted by molar-refractivity contribution is 5.77. The summed E-state index contributed by atoms with van der Waals surface area (Å²) in [7, 11) is 0. The first kappa shape index (κ1) is 15.2. The van der Waals surface area contributed by atoms with E-state index in [1.165, 1.54) is 0 Å². The second-order valence-electron chi connectivity index (χ2n) is 5.55. The van der Waals surface area contributed by atoms with Crippen LogP contribution in [0.25, 0.3) is 0 Å². The summed E-state index contributed by atoms with van der Waals surface area (Å²) >= 11 is 0. The smallest absolute Gasteiger partial charge is 0.223 e. The third kappa shape index (κ3) is 6.58. The van der Waals surface area contributed by atoms with Gasteiger partial charge in [0.2, 0.25) is 5.91 Å². The molecule has 0 aliphatic rings. The van der Waals surface area contributed by atoms with E-state index in [0.29, 0.717) is 6.54 Å². The van der Waals surface area contributed by atoms with Crippen molar-refractivity contribution in [1.29, 1.82) is 5.26 Å². The molecule has 1 aromatic carbocycles. The lowest BCUT2D eigenvalue weighted by Gasteiger charge is -2.21. The molecule has 1 rings (SSSR count). The molecule has 0 aliphatic heterocycles. The Hall–Kier alpha value is -1.86. The van der Waals surface area contributed by atoms with Gasteiger partial charge in [0.05, 0.1) is 12.5 Å². The number of nitrogens with one attached hydrogen (secondary N) is 2. The Morgan fingerprint density at radius 1 is 1.32 bits per heavy atom. The second-order valence-corrected chi connectivity index (χ2v) is 5.55. The van der Waals surface area contributed by atoms with Gasteiger partial charge in [0.15, 0.2) is 0 Å². The Labute approximate surface area is 114 Å². The van der Waals surface area contributed by atoms with Crippen molar-refractivity contribution in [3.8, 4) is 6.07 Å². The van der Waals surface area contributed by atoms with E-state index >= 15 is 0 Å². The van der Waals surface area contributed by atoms with Gasteiger partial charge in [-0.15, -0.1) is 0 Å². The van der Waals surface area contributed by atoms with Crippen molar-refractivity contribution in [2.24, 2.45) is 0 Å². The number of benzene rings is 1. The zero-order valence-corrected chi connectivity index (χ0v) is 11.7. The average Bonchev–Trinajstić information content (AvgIpc) is 2.33. The molecule has 1 aromatic rings. The van der Waals surface area contributed by atoms with Crippen LogP contribution in [0.4, 0.5) is 0 Å². The summed E-state index contributed by atoms with van der Waals surface area (Å²) in [6.45, 7) is 6.35. The topological polar surface area (TPSA) is 64.9 Å². The number of carbonyl (C=O) groups excluding carboxylic acids is 1. The number of hydrogen-bond acceptors (Lipinski definition) is 3. The summed E-state index contributed by atoms with van der Waals surface area (Å²) in [6.07, 6.45) is 0.167. The van der Waals surface area contributed by atoms with Crippen LogP contribution in [-0.2, 0) is 11.3 Å². The molecular formula is C15H21N3O. The van der Waals surface area contributed by atoms with E-state index in [-0.39, 0.29) is 17.9 Å². The van der Waals surface area contributed by atoms with Gasteiger partial charge in [-0.2, -0.15) is 5.26 Å². The van der Waals surface area contributed by atoms with Crippen LogP contribution in [0.15, 0.2) is 30.3 Å². The molecule has 1 atom stereocenters.